The second-order valence-corrected chi connectivity index (χ2v) is 7.31. The van der Waals surface area contributed by atoms with Crippen molar-refractivity contribution in [3.63, 3.8) is 0 Å². The topological polar surface area (TPSA) is 146 Å². The molecule has 2 aromatic heterocycles. The maximum atomic E-state index is 14.0. The van der Waals surface area contributed by atoms with Crippen LogP contribution in [0.1, 0.15) is 19.2 Å². The van der Waals surface area contributed by atoms with Gasteiger partial charge in [0.25, 0.3) is 5.56 Å². The molecule has 12 heteroatoms. The highest BCUT2D eigenvalue weighted by Gasteiger charge is 2.45. The Hall–Kier alpha value is -2.05. The number of H-pyrrole nitrogens is 1. The Balaban J connectivity index is 2.01. The number of nitrogens with one attached hydrogen (secondary N) is 2. The summed E-state index contributed by atoms with van der Waals surface area (Å²) in [5.74, 6) is -0.762. The summed E-state index contributed by atoms with van der Waals surface area (Å²) in [7, 11) is 0. The molecule has 1 aliphatic heterocycles. The molecule has 2 aromatic rings. The van der Waals surface area contributed by atoms with Crippen LogP contribution in [-0.2, 0) is 4.79 Å². The molecule has 0 saturated carbocycles. The fourth-order valence-corrected chi connectivity index (χ4v) is 3.71. The van der Waals surface area contributed by atoms with Gasteiger partial charge in [-0.2, -0.15) is 4.98 Å². The molecule has 4 N–H and O–H groups in total. The summed E-state index contributed by atoms with van der Waals surface area (Å²) in [6, 6.07) is 0. The van der Waals surface area contributed by atoms with E-state index in [9.17, 15) is 24.2 Å². The highest BCUT2D eigenvalue weighted by atomic mass is 32.2. The summed E-state index contributed by atoms with van der Waals surface area (Å²) in [6.45, 7) is 2.91. The highest BCUT2D eigenvalue weighted by molar-refractivity contribution is 8.00. The molecule has 1 aliphatic rings. The molecule has 3 rings (SSSR count). The van der Waals surface area contributed by atoms with Crippen LogP contribution >= 0.6 is 11.8 Å². The van der Waals surface area contributed by atoms with E-state index in [0.29, 0.717) is 0 Å². The van der Waals surface area contributed by atoms with Crippen LogP contribution in [0.4, 0.5) is 10.3 Å². The Kier molecular flexibility index (Phi) is 4.75. The summed E-state index contributed by atoms with van der Waals surface area (Å²) in [6.07, 6.45) is -3.09. The highest BCUT2D eigenvalue weighted by Crippen LogP contribution is 2.43. The molecule has 4 unspecified atom stereocenters. The zero-order valence-electron chi connectivity index (χ0n) is 13.4. The van der Waals surface area contributed by atoms with Crippen LogP contribution < -0.4 is 10.9 Å². The van der Waals surface area contributed by atoms with Crippen molar-refractivity contribution in [1.82, 2.24) is 25.0 Å². The van der Waals surface area contributed by atoms with E-state index in [1.165, 1.54) is 0 Å². The number of aromatic amines is 1. The number of aliphatic hydroxyl groups excluding tert-OH is 2. The van der Waals surface area contributed by atoms with Gasteiger partial charge < -0.3 is 10.2 Å². The number of aromatic nitrogens is 5. The molecule has 4 atom stereocenters. The lowest BCUT2D eigenvalue weighted by Crippen LogP contribution is -2.29. The quantitative estimate of drug-likeness (QED) is 0.557. The minimum Gasteiger partial charge on any atom is -0.395 e. The average Bonchev–Trinajstić information content (AvgIpc) is 3.10. The van der Waals surface area contributed by atoms with Crippen LogP contribution in [0.5, 0.6) is 0 Å². The molecule has 10 nitrogen and oxygen atoms in total. The number of hydrogen-bond acceptors (Lipinski definition) is 8. The second kappa shape index (κ2) is 6.69. The molecule has 0 radical (unpaired) electrons. The normalized spacial score (nSPS) is 26.5. The van der Waals surface area contributed by atoms with Crippen LogP contribution in [0, 0.1) is 5.92 Å². The number of anilines is 1. The number of nitrogens with zero attached hydrogens (tertiary/aromatic N) is 4. The monoisotopic (exact) mass is 372 g/mol. The van der Waals surface area contributed by atoms with Gasteiger partial charge in [0.05, 0.1) is 11.9 Å². The number of fused-ring (bicyclic) bond motifs is 1. The van der Waals surface area contributed by atoms with Crippen molar-refractivity contribution in [3.8, 4) is 0 Å². The van der Waals surface area contributed by atoms with E-state index in [1.54, 1.807) is 13.8 Å². The van der Waals surface area contributed by atoms with E-state index in [1.807, 2.05) is 0 Å². The van der Waals surface area contributed by atoms with Crippen LogP contribution in [0.15, 0.2) is 4.79 Å². The summed E-state index contributed by atoms with van der Waals surface area (Å²) in [4.78, 5) is 30.4. The smallest absolute Gasteiger partial charge is 0.282 e. The number of halogens is 1. The maximum absolute atomic E-state index is 14.0. The van der Waals surface area contributed by atoms with Crippen molar-refractivity contribution in [3.05, 3.63) is 10.4 Å². The van der Waals surface area contributed by atoms with Crippen molar-refractivity contribution < 1.29 is 19.4 Å². The van der Waals surface area contributed by atoms with Gasteiger partial charge >= 0.3 is 0 Å². The number of aliphatic hydroxyl groups is 2. The molecule has 1 saturated heterocycles. The summed E-state index contributed by atoms with van der Waals surface area (Å²) < 4.78 is 15.1. The van der Waals surface area contributed by atoms with Crippen LogP contribution in [0.2, 0.25) is 0 Å². The lowest BCUT2D eigenvalue weighted by molar-refractivity contribution is -0.118. The SMILES string of the molecule is CC(C)C(=O)Nc1nc2c(nnn2C2SC(CO)C(F)C2O)c(=O)[nH]1. The van der Waals surface area contributed by atoms with Gasteiger partial charge in [-0.3, -0.25) is 19.9 Å². The van der Waals surface area contributed by atoms with Gasteiger partial charge in [-0.25, -0.2) is 9.07 Å². The number of hydrogen-bond donors (Lipinski definition) is 4. The van der Waals surface area contributed by atoms with Crippen LogP contribution in [-0.4, -0.2) is 65.2 Å². The molecule has 0 aliphatic carbocycles. The van der Waals surface area contributed by atoms with E-state index < -0.39 is 35.1 Å². The minimum absolute atomic E-state index is 0.00476. The van der Waals surface area contributed by atoms with E-state index >= 15 is 0 Å². The van der Waals surface area contributed by atoms with Crippen molar-refractivity contribution in [1.29, 1.82) is 0 Å². The first-order valence-electron chi connectivity index (χ1n) is 7.58. The molecule has 3 heterocycles. The van der Waals surface area contributed by atoms with Crippen molar-refractivity contribution in [2.45, 2.75) is 36.7 Å². The number of amides is 1. The summed E-state index contributed by atoms with van der Waals surface area (Å²) in [5.41, 5.74) is -0.716. The lowest BCUT2D eigenvalue weighted by atomic mass is 10.2. The Bertz CT molecular complexity index is 855. The molecule has 0 spiro atoms. The van der Waals surface area contributed by atoms with E-state index in [4.69, 9.17) is 0 Å². The van der Waals surface area contributed by atoms with Gasteiger partial charge in [0.15, 0.2) is 11.2 Å². The first-order valence-corrected chi connectivity index (χ1v) is 8.52. The Morgan fingerprint density at radius 3 is 2.84 bits per heavy atom. The fraction of sp³-hybridized carbons (Fsp3) is 0.615. The minimum atomic E-state index is -1.65. The predicted molar refractivity (Wildman–Crippen MR) is 87.8 cm³/mol. The third-order valence-electron chi connectivity index (χ3n) is 3.81. The predicted octanol–water partition coefficient (Wildman–Crippen LogP) is -0.586. The Morgan fingerprint density at radius 2 is 2.24 bits per heavy atom. The number of alkyl halides is 1. The van der Waals surface area contributed by atoms with Crippen LogP contribution in [0.25, 0.3) is 11.2 Å². The van der Waals surface area contributed by atoms with Gasteiger partial charge in [-0.15, -0.1) is 16.9 Å². The molecular formula is C13H17FN6O4S. The number of thioether (sulfide) groups is 1. The van der Waals surface area contributed by atoms with Crippen LogP contribution in [0.3, 0.4) is 0 Å². The van der Waals surface area contributed by atoms with Gasteiger partial charge in [0.1, 0.15) is 17.6 Å². The maximum Gasteiger partial charge on any atom is 0.282 e. The molecular weight excluding hydrogens is 355 g/mol. The van der Waals surface area contributed by atoms with Gasteiger partial charge in [-0.05, 0) is 0 Å². The van der Waals surface area contributed by atoms with Crippen molar-refractivity contribution in [2.75, 3.05) is 11.9 Å². The number of carbonyl (C=O) groups is 1. The van der Waals surface area contributed by atoms with Crippen molar-refractivity contribution in [2.24, 2.45) is 5.92 Å². The van der Waals surface area contributed by atoms with E-state index in [0.717, 1.165) is 16.4 Å². The molecule has 0 aromatic carbocycles. The fourth-order valence-electron chi connectivity index (χ4n) is 2.39. The second-order valence-electron chi connectivity index (χ2n) is 5.95. The van der Waals surface area contributed by atoms with E-state index in [-0.39, 0.29) is 28.9 Å². The third kappa shape index (κ3) is 3.12. The zero-order chi connectivity index (χ0) is 18.3. The Labute approximate surface area is 144 Å². The standard InChI is InChI=1S/C13H17FN6O4S/c1-4(2)10(23)16-13-15-9-7(11(24)17-13)18-19-20(9)12-8(22)6(14)5(3-21)25-12/h4-6,8,12,21-22H,3H2,1-2H3,(H2,15,16,17,23,24). The molecule has 1 fully saturated rings. The first kappa shape index (κ1) is 17.8. The third-order valence-corrected chi connectivity index (χ3v) is 5.33. The summed E-state index contributed by atoms with van der Waals surface area (Å²) >= 11 is 0.976. The molecule has 1 amide bonds. The largest absolute Gasteiger partial charge is 0.395 e. The zero-order valence-corrected chi connectivity index (χ0v) is 14.2. The molecule has 0 bridgehead atoms. The van der Waals surface area contributed by atoms with Gasteiger partial charge in [-0.1, -0.05) is 19.1 Å². The van der Waals surface area contributed by atoms with E-state index in [2.05, 4.69) is 25.6 Å². The van der Waals surface area contributed by atoms with Crippen molar-refractivity contribution >= 4 is 34.8 Å². The lowest BCUT2D eigenvalue weighted by Gasteiger charge is -2.14. The first-order chi connectivity index (χ1) is 11.8. The number of rotatable bonds is 4. The van der Waals surface area contributed by atoms with Gasteiger partial charge in [0.2, 0.25) is 11.9 Å². The molecule has 25 heavy (non-hydrogen) atoms. The number of carbonyl (C=O) groups excluding carboxylic acids is 1. The van der Waals surface area contributed by atoms with Gasteiger partial charge in [0, 0.05) is 5.92 Å². The average molecular weight is 372 g/mol. The summed E-state index contributed by atoms with van der Waals surface area (Å²) in [5, 5.41) is 27.5. The molecule has 136 valence electrons. The Morgan fingerprint density at radius 1 is 1.52 bits per heavy atom.